The summed E-state index contributed by atoms with van der Waals surface area (Å²) in [6, 6.07) is 19.7. The van der Waals surface area contributed by atoms with Gasteiger partial charge < -0.3 is 20.1 Å². The molecular formula is C31H31F2N5O3. The van der Waals surface area contributed by atoms with Crippen molar-refractivity contribution in [2.75, 3.05) is 6.61 Å². The minimum absolute atomic E-state index is 0.0526. The van der Waals surface area contributed by atoms with E-state index in [0.717, 1.165) is 27.7 Å². The molecule has 0 fully saturated rings. The van der Waals surface area contributed by atoms with Crippen LogP contribution in [0.15, 0.2) is 72.9 Å². The molecule has 0 aliphatic rings. The molecule has 0 radical (unpaired) electrons. The third-order valence-corrected chi connectivity index (χ3v) is 6.95. The van der Waals surface area contributed by atoms with Crippen LogP contribution in [0, 0.1) is 0 Å². The molecule has 212 valence electrons. The number of benzene rings is 3. The van der Waals surface area contributed by atoms with Gasteiger partial charge in [-0.15, -0.1) is 0 Å². The molecule has 0 spiro atoms. The molecule has 2 heterocycles. The lowest BCUT2D eigenvalue weighted by atomic mass is 10.0. The summed E-state index contributed by atoms with van der Waals surface area (Å²) >= 11 is 0. The monoisotopic (exact) mass is 559 g/mol. The Kier molecular flexibility index (Phi) is 7.85. The van der Waals surface area contributed by atoms with Gasteiger partial charge in [-0.05, 0) is 35.7 Å². The molecule has 0 saturated carbocycles. The Morgan fingerprint density at radius 1 is 1.05 bits per heavy atom. The average molecular weight is 560 g/mol. The largest absolute Gasteiger partial charge is 0.487 e. The molecule has 2 aromatic heterocycles. The minimum atomic E-state index is -2.70. The van der Waals surface area contributed by atoms with E-state index in [1.165, 1.54) is 12.1 Å². The van der Waals surface area contributed by atoms with Crippen LogP contribution in [0.4, 0.5) is 8.78 Å². The number of carbonyl (C=O) groups excluding carboxylic acids is 1. The minimum Gasteiger partial charge on any atom is -0.487 e. The number of nitrogens with zero attached hydrogens (tertiary/aromatic N) is 4. The number of halogens is 2. The number of aliphatic hydroxyl groups excluding tert-OH is 1. The Hall–Kier alpha value is -4.57. The molecule has 5 aromatic rings. The molecule has 1 amide bonds. The summed E-state index contributed by atoms with van der Waals surface area (Å²) < 4.78 is 35.2. The fourth-order valence-corrected chi connectivity index (χ4v) is 5.09. The maximum Gasteiger partial charge on any atom is 0.272 e. The highest BCUT2D eigenvalue weighted by Gasteiger charge is 2.24. The number of fused-ring (bicyclic) bond motifs is 1. The molecule has 5 rings (SSSR count). The third kappa shape index (κ3) is 5.69. The summed E-state index contributed by atoms with van der Waals surface area (Å²) in [6.07, 6.45) is -1.52. The Bertz CT molecular complexity index is 1700. The van der Waals surface area contributed by atoms with Crippen LogP contribution < -0.4 is 10.5 Å². The Labute approximate surface area is 236 Å². The number of primary amides is 1. The van der Waals surface area contributed by atoms with Crippen LogP contribution >= 0.6 is 0 Å². The van der Waals surface area contributed by atoms with Crippen LogP contribution in [0.3, 0.4) is 0 Å². The van der Waals surface area contributed by atoms with Crippen LogP contribution in [0.2, 0.25) is 0 Å². The molecule has 1 atom stereocenters. The van der Waals surface area contributed by atoms with E-state index < -0.39 is 25.0 Å². The predicted octanol–water partition coefficient (Wildman–Crippen LogP) is 5.70. The number of imidazole rings is 1. The normalized spacial score (nSPS) is 12.4. The van der Waals surface area contributed by atoms with Gasteiger partial charge >= 0.3 is 0 Å². The number of amides is 1. The molecular weight excluding hydrogens is 528 g/mol. The van der Waals surface area contributed by atoms with Crippen molar-refractivity contribution in [3.8, 4) is 28.4 Å². The van der Waals surface area contributed by atoms with Gasteiger partial charge in [0.05, 0.1) is 29.4 Å². The second-order valence-corrected chi connectivity index (χ2v) is 10.2. The molecule has 10 heteroatoms. The number of rotatable bonds is 10. The molecule has 8 nitrogen and oxygen atoms in total. The third-order valence-electron chi connectivity index (χ3n) is 6.95. The van der Waals surface area contributed by atoms with Crippen LogP contribution in [-0.4, -0.2) is 43.4 Å². The molecule has 41 heavy (non-hydrogen) atoms. The van der Waals surface area contributed by atoms with E-state index in [1.54, 1.807) is 10.7 Å². The zero-order chi connectivity index (χ0) is 29.3. The summed E-state index contributed by atoms with van der Waals surface area (Å²) in [5, 5.41) is 16.3. The van der Waals surface area contributed by atoms with Crippen molar-refractivity contribution in [2.45, 2.75) is 38.8 Å². The van der Waals surface area contributed by atoms with E-state index in [4.69, 9.17) is 20.6 Å². The first-order chi connectivity index (χ1) is 19.6. The van der Waals surface area contributed by atoms with Gasteiger partial charge in [0, 0.05) is 35.5 Å². The number of carbonyl (C=O) groups is 1. The summed E-state index contributed by atoms with van der Waals surface area (Å²) in [6.45, 7) is 3.54. The van der Waals surface area contributed by atoms with Crippen molar-refractivity contribution in [3.05, 3.63) is 89.7 Å². The van der Waals surface area contributed by atoms with Gasteiger partial charge in [0.2, 0.25) is 5.91 Å². The van der Waals surface area contributed by atoms with Crippen molar-refractivity contribution >= 4 is 16.8 Å². The van der Waals surface area contributed by atoms with Crippen molar-refractivity contribution in [1.29, 1.82) is 0 Å². The summed E-state index contributed by atoms with van der Waals surface area (Å²) in [7, 11) is 1.86. The SMILES string of the molecule is CC(C)c1c(-c2cccc3nn(CC(O)c4ccccc4)cc23)nc(-c2ccc(C(N)=O)cc2OCC(F)F)n1C. The number of hydrogen-bond acceptors (Lipinski definition) is 5. The maximum atomic E-state index is 13.1. The molecule has 1 unspecified atom stereocenters. The molecule has 3 N–H and O–H groups in total. The molecule has 0 aliphatic carbocycles. The number of ether oxygens (including phenoxy) is 1. The molecule has 0 bridgehead atoms. The van der Waals surface area contributed by atoms with Crippen LogP contribution in [0.25, 0.3) is 33.5 Å². The molecule has 3 aromatic carbocycles. The highest BCUT2D eigenvalue weighted by atomic mass is 19.3. The van der Waals surface area contributed by atoms with E-state index in [0.29, 0.717) is 17.1 Å². The predicted molar refractivity (Wildman–Crippen MR) is 153 cm³/mol. The van der Waals surface area contributed by atoms with Gasteiger partial charge in [0.15, 0.2) is 0 Å². The number of aromatic nitrogens is 4. The van der Waals surface area contributed by atoms with Crippen LogP contribution in [0.5, 0.6) is 5.75 Å². The number of alkyl halides is 2. The number of nitrogens with two attached hydrogens (primary N) is 1. The highest BCUT2D eigenvalue weighted by Crippen LogP contribution is 2.39. The Morgan fingerprint density at radius 2 is 1.80 bits per heavy atom. The second-order valence-electron chi connectivity index (χ2n) is 10.2. The van der Waals surface area contributed by atoms with Gasteiger partial charge in [0.1, 0.15) is 18.2 Å². The molecule has 0 saturated heterocycles. The number of aliphatic hydroxyl groups is 1. The van der Waals surface area contributed by atoms with Gasteiger partial charge in [-0.2, -0.15) is 5.10 Å². The maximum absolute atomic E-state index is 13.1. The summed E-state index contributed by atoms with van der Waals surface area (Å²) in [5.41, 5.74) is 10.1. The van der Waals surface area contributed by atoms with Crippen LogP contribution in [-0.2, 0) is 13.6 Å². The average Bonchev–Trinajstić information content (AvgIpc) is 3.52. The lowest BCUT2D eigenvalue weighted by Gasteiger charge is -2.14. The van der Waals surface area contributed by atoms with Crippen molar-refractivity contribution < 1.29 is 23.4 Å². The van der Waals surface area contributed by atoms with Gasteiger partial charge in [0.25, 0.3) is 6.43 Å². The first kappa shape index (κ1) is 28.0. The van der Waals surface area contributed by atoms with Crippen molar-refractivity contribution in [2.24, 2.45) is 12.8 Å². The van der Waals surface area contributed by atoms with Gasteiger partial charge in [-0.1, -0.05) is 56.3 Å². The van der Waals surface area contributed by atoms with Crippen molar-refractivity contribution in [3.63, 3.8) is 0 Å². The second kappa shape index (κ2) is 11.5. The van der Waals surface area contributed by atoms with E-state index in [2.05, 4.69) is 13.8 Å². The summed E-state index contributed by atoms with van der Waals surface area (Å²) in [4.78, 5) is 16.8. The van der Waals surface area contributed by atoms with Crippen molar-refractivity contribution in [1.82, 2.24) is 19.3 Å². The molecule has 0 aliphatic heterocycles. The first-order valence-corrected chi connectivity index (χ1v) is 13.2. The Balaban J connectivity index is 1.60. The quantitative estimate of drug-likeness (QED) is 0.228. The fraction of sp³-hybridized carbons (Fsp3) is 0.258. The van der Waals surface area contributed by atoms with Gasteiger partial charge in [-0.3, -0.25) is 9.48 Å². The lowest BCUT2D eigenvalue weighted by molar-refractivity contribution is 0.0821. The zero-order valence-corrected chi connectivity index (χ0v) is 23.0. The van der Waals surface area contributed by atoms with E-state index in [-0.39, 0.29) is 23.8 Å². The Morgan fingerprint density at radius 3 is 2.49 bits per heavy atom. The summed E-state index contributed by atoms with van der Waals surface area (Å²) in [5.74, 6) is -0.0509. The first-order valence-electron chi connectivity index (χ1n) is 13.2. The van der Waals surface area contributed by atoms with Crippen LogP contribution in [0.1, 0.15) is 47.5 Å². The smallest absolute Gasteiger partial charge is 0.272 e. The van der Waals surface area contributed by atoms with E-state index in [1.807, 2.05) is 66.3 Å². The lowest BCUT2D eigenvalue weighted by Crippen LogP contribution is -2.13. The topological polar surface area (TPSA) is 108 Å². The standard InChI is InChI=1S/C31H31F2N5O3/c1-18(2)29-28(35-31(37(29)3)22-13-12-20(30(34)40)14-26(22)41-17-27(32)33)21-10-7-11-24-23(21)15-38(36-24)16-25(39)19-8-5-4-6-9-19/h4-15,18,25,27,39H,16-17H2,1-3H3,(H2,34,40). The van der Waals surface area contributed by atoms with E-state index in [9.17, 15) is 18.7 Å². The number of hydrogen-bond donors (Lipinski definition) is 2. The van der Waals surface area contributed by atoms with E-state index >= 15 is 0 Å². The zero-order valence-electron chi connectivity index (χ0n) is 23.0. The fourth-order valence-electron chi connectivity index (χ4n) is 5.09. The highest BCUT2D eigenvalue weighted by molar-refractivity contribution is 5.95. The van der Waals surface area contributed by atoms with Gasteiger partial charge in [-0.25, -0.2) is 13.8 Å².